The first-order chi connectivity index (χ1) is 6.41. The van der Waals surface area contributed by atoms with Crippen molar-refractivity contribution in [2.24, 2.45) is 0 Å². The number of unbranched alkanes of at least 4 members (excludes halogenated alkanes) is 4. The monoisotopic (exact) mass is 184 g/mol. The van der Waals surface area contributed by atoms with E-state index in [1.165, 1.54) is 25.7 Å². The summed E-state index contributed by atoms with van der Waals surface area (Å²) in [4.78, 5) is 0. The van der Waals surface area contributed by atoms with Crippen LogP contribution in [0, 0.1) is 12.3 Å². The lowest BCUT2D eigenvalue weighted by molar-refractivity contribution is -0.0431. The number of rotatable bonds is 9. The molecule has 0 fully saturated rings. The zero-order valence-electron chi connectivity index (χ0n) is 8.55. The van der Waals surface area contributed by atoms with Gasteiger partial charge < -0.3 is 9.47 Å². The Morgan fingerprint density at radius 2 is 1.85 bits per heavy atom. The SMILES string of the molecule is C#CCOCOCCCCCCC. The molecule has 76 valence electrons. The van der Waals surface area contributed by atoms with Crippen LogP contribution in [0.1, 0.15) is 39.0 Å². The molecule has 0 N–H and O–H groups in total. The minimum Gasteiger partial charge on any atom is -0.355 e. The molecule has 2 nitrogen and oxygen atoms in total. The van der Waals surface area contributed by atoms with Gasteiger partial charge in [-0.25, -0.2) is 0 Å². The molecule has 0 atom stereocenters. The first-order valence-corrected chi connectivity index (χ1v) is 5.00. The largest absolute Gasteiger partial charge is 0.355 e. The Bertz CT molecular complexity index is 127. The maximum absolute atomic E-state index is 5.20. The summed E-state index contributed by atoms with van der Waals surface area (Å²) >= 11 is 0. The Hall–Kier alpha value is -0.520. The lowest BCUT2D eigenvalue weighted by Gasteiger charge is -2.02. The molecule has 0 amide bonds. The molecule has 0 aromatic heterocycles. The van der Waals surface area contributed by atoms with E-state index in [0.717, 1.165) is 13.0 Å². The van der Waals surface area contributed by atoms with Gasteiger partial charge in [0.05, 0.1) is 0 Å². The standard InChI is InChI=1S/C11H20O2/c1-3-5-6-7-8-10-13-11-12-9-4-2/h2H,3,5-11H2,1H3. The van der Waals surface area contributed by atoms with Crippen molar-refractivity contribution in [2.45, 2.75) is 39.0 Å². The molecule has 0 heterocycles. The molecule has 0 unspecified atom stereocenters. The van der Waals surface area contributed by atoms with Gasteiger partial charge in [-0.2, -0.15) is 0 Å². The normalized spacial score (nSPS) is 9.85. The summed E-state index contributed by atoms with van der Waals surface area (Å²) in [5, 5.41) is 0. The fourth-order valence-corrected chi connectivity index (χ4v) is 1.03. The van der Waals surface area contributed by atoms with Crippen molar-refractivity contribution < 1.29 is 9.47 Å². The Kier molecular flexibility index (Phi) is 11.0. The van der Waals surface area contributed by atoms with E-state index in [0.29, 0.717) is 13.4 Å². The summed E-state index contributed by atoms with van der Waals surface area (Å²) in [6.45, 7) is 3.67. The summed E-state index contributed by atoms with van der Waals surface area (Å²) in [6, 6.07) is 0. The van der Waals surface area contributed by atoms with Crippen molar-refractivity contribution in [3.8, 4) is 12.3 Å². The van der Waals surface area contributed by atoms with E-state index in [-0.39, 0.29) is 0 Å². The highest BCUT2D eigenvalue weighted by molar-refractivity contribution is 4.82. The molecule has 13 heavy (non-hydrogen) atoms. The van der Waals surface area contributed by atoms with E-state index in [2.05, 4.69) is 12.8 Å². The van der Waals surface area contributed by atoms with Gasteiger partial charge in [-0.1, -0.05) is 38.5 Å². The Morgan fingerprint density at radius 3 is 2.54 bits per heavy atom. The molecule has 2 heteroatoms. The van der Waals surface area contributed by atoms with Crippen LogP contribution in [0.3, 0.4) is 0 Å². The van der Waals surface area contributed by atoms with Gasteiger partial charge in [0.25, 0.3) is 0 Å². The van der Waals surface area contributed by atoms with Crippen LogP contribution in [-0.2, 0) is 9.47 Å². The van der Waals surface area contributed by atoms with Crippen molar-refractivity contribution in [3.63, 3.8) is 0 Å². The average molecular weight is 184 g/mol. The van der Waals surface area contributed by atoms with Gasteiger partial charge in [0.2, 0.25) is 0 Å². The van der Waals surface area contributed by atoms with Crippen LogP contribution in [0.4, 0.5) is 0 Å². The van der Waals surface area contributed by atoms with Crippen molar-refractivity contribution in [2.75, 3.05) is 20.0 Å². The summed E-state index contributed by atoms with van der Waals surface area (Å²) in [5.74, 6) is 2.38. The lowest BCUT2D eigenvalue weighted by atomic mass is 10.2. The van der Waals surface area contributed by atoms with Crippen LogP contribution < -0.4 is 0 Å². The molecular weight excluding hydrogens is 164 g/mol. The molecular formula is C11H20O2. The lowest BCUT2D eigenvalue weighted by Crippen LogP contribution is -2.01. The zero-order valence-corrected chi connectivity index (χ0v) is 8.55. The van der Waals surface area contributed by atoms with E-state index in [1.807, 2.05) is 0 Å². The number of ether oxygens (including phenoxy) is 2. The number of hydrogen-bond donors (Lipinski definition) is 0. The molecule has 0 bridgehead atoms. The predicted molar refractivity (Wildman–Crippen MR) is 54.4 cm³/mol. The van der Waals surface area contributed by atoms with Crippen LogP contribution in [0.25, 0.3) is 0 Å². The maximum atomic E-state index is 5.20. The quantitative estimate of drug-likeness (QED) is 0.311. The number of hydrogen-bond acceptors (Lipinski definition) is 2. The van der Waals surface area contributed by atoms with Gasteiger partial charge in [-0.05, 0) is 6.42 Å². The minimum absolute atomic E-state index is 0.331. The van der Waals surface area contributed by atoms with E-state index >= 15 is 0 Å². The highest BCUT2D eigenvalue weighted by Crippen LogP contribution is 2.02. The van der Waals surface area contributed by atoms with Crippen LogP contribution in [0.5, 0.6) is 0 Å². The highest BCUT2D eigenvalue weighted by Gasteiger charge is 1.89. The highest BCUT2D eigenvalue weighted by atomic mass is 16.7. The van der Waals surface area contributed by atoms with Gasteiger partial charge in [0.1, 0.15) is 13.4 Å². The molecule has 0 aliphatic rings. The first kappa shape index (κ1) is 12.5. The topological polar surface area (TPSA) is 18.5 Å². The summed E-state index contributed by atoms with van der Waals surface area (Å²) in [6.07, 6.45) is 11.3. The smallest absolute Gasteiger partial charge is 0.148 e. The van der Waals surface area contributed by atoms with Gasteiger partial charge in [0, 0.05) is 6.61 Å². The number of terminal acetylenes is 1. The summed E-state index contributed by atoms with van der Waals surface area (Å²) in [5.41, 5.74) is 0. The van der Waals surface area contributed by atoms with Crippen molar-refractivity contribution in [1.82, 2.24) is 0 Å². The van der Waals surface area contributed by atoms with Crippen molar-refractivity contribution in [3.05, 3.63) is 0 Å². The molecule has 0 saturated heterocycles. The second kappa shape index (κ2) is 11.5. The minimum atomic E-state index is 0.331. The van der Waals surface area contributed by atoms with E-state index in [1.54, 1.807) is 0 Å². The van der Waals surface area contributed by atoms with Crippen molar-refractivity contribution >= 4 is 0 Å². The molecule has 0 aliphatic heterocycles. The summed E-state index contributed by atoms with van der Waals surface area (Å²) < 4.78 is 10.2. The molecule has 0 radical (unpaired) electrons. The van der Waals surface area contributed by atoms with Gasteiger partial charge in [-0.3, -0.25) is 0 Å². The molecule has 0 aliphatic carbocycles. The van der Waals surface area contributed by atoms with Crippen LogP contribution in [0.2, 0.25) is 0 Å². The van der Waals surface area contributed by atoms with E-state index in [9.17, 15) is 0 Å². The molecule has 0 saturated carbocycles. The van der Waals surface area contributed by atoms with Gasteiger partial charge in [-0.15, -0.1) is 6.42 Å². The van der Waals surface area contributed by atoms with E-state index < -0.39 is 0 Å². The second-order valence-electron chi connectivity index (χ2n) is 2.99. The zero-order chi connectivity index (χ0) is 9.78. The third-order valence-corrected chi connectivity index (χ3v) is 1.74. The summed E-state index contributed by atoms with van der Waals surface area (Å²) in [7, 11) is 0. The fourth-order valence-electron chi connectivity index (χ4n) is 1.03. The van der Waals surface area contributed by atoms with Crippen LogP contribution >= 0.6 is 0 Å². The van der Waals surface area contributed by atoms with Crippen LogP contribution in [0.15, 0.2) is 0 Å². The molecule has 0 aromatic carbocycles. The molecule has 0 rings (SSSR count). The Labute approximate surface area is 81.6 Å². The average Bonchev–Trinajstić information content (AvgIpc) is 2.16. The molecule has 0 spiro atoms. The van der Waals surface area contributed by atoms with Crippen molar-refractivity contribution in [1.29, 1.82) is 0 Å². The first-order valence-electron chi connectivity index (χ1n) is 5.00. The third-order valence-electron chi connectivity index (χ3n) is 1.74. The fraction of sp³-hybridized carbons (Fsp3) is 0.818. The Balaban J connectivity index is 2.80. The van der Waals surface area contributed by atoms with E-state index in [4.69, 9.17) is 15.9 Å². The second-order valence-corrected chi connectivity index (χ2v) is 2.99. The van der Waals surface area contributed by atoms with Crippen LogP contribution in [-0.4, -0.2) is 20.0 Å². The predicted octanol–water partition coefficient (Wildman–Crippen LogP) is 2.58. The van der Waals surface area contributed by atoms with Gasteiger partial charge in [0.15, 0.2) is 0 Å². The third kappa shape index (κ3) is 11.5. The Morgan fingerprint density at radius 1 is 1.08 bits per heavy atom. The van der Waals surface area contributed by atoms with Gasteiger partial charge >= 0.3 is 0 Å². The molecule has 0 aromatic rings. The maximum Gasteiger partial charge on any atom is 0.148 e.